The first-order chi connectivity index (χ1) is 34.0. The summed E-state index contributed by atoms with van der Waals surface area (Å²) in [6.45, 7) is 6.70. The molecular formula is C63H120O6. The molecule has 0 amide bonds. The molecule has 1 atom stereocenters. The van der Waals surface area contributed by atoms with Gasteiger partial charge in [-0.15, -0.1) is 0 Å². The molecule has 408 valence electrons. The molecule has 0 N–H and O–H groups in total. The minimum absolute atomic E-state index is 0.0647. The Labute approximate surface area is 431 Å². The minimum atomic E-state index is -0.767. The van der Waals surface area contributed by atoms with E-state index in [0.717, 1.165) is 57.8 Å². The second kappa shape index (κ2) is 58.7. The number of hydrogen-bond donors (Lipinski definition) is 0. The van der Waals surface area contributed by atoms with Crippen LogP contribution in [0.15, 0.2) is 12.2 Å². The van der Waals surface area contributed by atoms with Crippen LogP contribution in [0.3, 0.4) is 0 Å². The van der Waals surface area contributed by atoms with Gasteiger partial charge in [0.1, 0.15) is 13.2 Å². The number of ether oxygens (including phenoxy) is 3. The Hall–Kier alpha value is -1.85. The van der Waals surface area contributed by atoms with Crippen LogP contribution in [-0.4, -0.2) is 37.2 Å². The van der Waals surface area contributed by atoms with Gasteiger partial charge in [-0.3, -0.25) is 14.4 Å². The zero-order chi connectivity index (χ0) is 50.0. The third kappa shape index (κ3) is 56.9. The molecule has 0 saturated carbocycles. The zero-order valence-electron chi connectivity index (χ0n) is 46.9. The number of unbranched alkanes of at least 4 members (excludes halogenated alkanes) is 45. The molecule has 0 radical (unpaired) electrons. The molecular weight excluding hydrogens is 853 g/mol. The van der Waals surface area contributed by atoms with E-state index in [0.29, 0.717) is 19.3 Å². The highest BCUT2D eigenvalue weighted by atomic mass is 16.6. The summed E-state index contributed by atoms with van der Waals surface area (Å²) >= 11 is 0. The summed E-state index contributed by atoms with van der Waals surface area (Å²) in [5.74, 6) is -0.840. The van der Waals surface area contributed by atoms with Gasteiger partial charge in [-0.05, 0) is 44.9 Å². The van der Waals surface area contributed by atoms with Gasteiger partial charge in [0.25, 0.3) is 0 Å². The third-order valence-electron chi connectivity index (χ3n) is 14.3. The van der Waals surface area contributed by atoms with E-state index in [1.165, 1.54) is 257 Å². The molecule has 0 heterocycles. The van der Waals surface area contributed by atoms with Crippen LogP contribution in [0.2, 0.25) is 0 Å². The maximum atomic E-state index is 12.9. The first kappa shape index (κ1) is 67.1. The predicted molar refractivity (Wildman–Crippen MR) is 298 cm³/mol. The second-order valence-corrected chi connectivity index (χ2v) is 21.3. The Morgan fingerprint density at radius 2 is 0.478 bits per heavy atom. The van der Waals surface area contributed by atoms with Crippen molar-refractivity contribution in [3.05, 3.63) is 12.2 Å². The predicted octanol–water partition coefficient (Wildman–Crippen LogP) is 20.9. The molecule has 0 aliphatic carbocycles. The molecule has 6 heteroatoms. The Kier molecular flexibility index (Phi) is 57.1. The van der Waals surface area contributed by atoms with Crippen molar-refractivity contribution in [3.8, 4) is 0 Å². The van der Waals surface area contributed by atoms with Gasteiger partial charge >= 0.3 is 17.9 Å². The first-order valence-corrected chi connectivity index (χ1v) is 31.2. The van der Waals surface area contributed by atoms with Gasteiger partial charge in [0.15, 0.2) is 6.10 Å². The molecule has 69 heavy (non-hydrogen) atoms. The van der Waals surface area contributed by atoms with E-state index < -0.39 is 6.10 Å². The van der Waals surface area contributed by atoms with Crippen LogP contribution in [0.25, 0.3) is 0 Å². The van der Waals surface area contributed by atoms with Crippen LogP contribution in [-0.2, 0) is 28.6 Å². The first-order valence-electron chi connectivity index (χ1n) is 31.2. The van der Waals surface area contributed by atoms with E-state index in [1.54, 1.807) is 0 Å². The molecule has 0 unspecified atom stereocenters. The van der Waals surface area contributed by atoms with E-state index in [4.69, 9.17) is 14.2 Å². The summed E-state index contributed by atoms with van der Waals surface area (Å²) in [6.07, 6.45) is 67.8. The summed E-state index contributed by atoms with van der Waals surface area (Å²) in [6, 6.07) is 0. The van der Waals surface area contributed by atoms with Crippen molar-refractivity contribution in [2.24, 2.45) is 0 Å². The molecule has 0 bridgehead atoms. The van der Waals surface area contributed by atoms with Gasteiger partial charge in [0, 0.05) is 19.3 Å². The monoisotopic (exact) mass is 973 g/mol. The maximum absolute atomic E-state index is 12.9. The Morgan fingerprint density at radius 1 is 0.275 bits per heavy atom. The number of carbonyl (C=O) groups is 3. The summed E-state index contributed by atoms with van der Waals surface area (Å²) in [7, 11) is 0. The van der Waals surface area contributed by atoms with Crippen LogP contribution < -0.4 is 0 Å². The van der Waals surface area contributed by atoms with Crippen molar-refractivity contribution in [3.63, 3.8) is 0 Å². The van der Waals surface area contributed by atoms with Crippen molar-refractivity contribution >= 4 is 17.9 Å². The van der Waals surface area contributed by atoms with Crippen LogP contribution in [0.1, 0.15) is 355 Å². The fourth-order valence-electron chi connectivity index (χ4n) is 9.56. The summed E-state index contributed by atoms with van der Waals surface area (Å²) < 4.78 is 16.9. The van der Waals surface area contributed by atoms with Gasteiger partial charge in [0.2, 0.25) is 0 Å². The Morgan fingerprint density at radius 3 is 0.739 bits per heavy atom. The van der Waals surface area contributed by atoms with Crippen molar-refractivity contribution in [1.29, 1.82) is 0 Å². The molecule has 0 aliphatic rings. The third-order valence-corrected chi connectivity index (χ3v) is 14.3. The fraction of sp³-hybridized carbons (Fsp3) is 0.921. The number of allylic oxidation sites excluding steroid dienone is 2. The molecule has 0 rings (SSSR count). The van der Waals surface area contributed by atoms with Crippen molar-refractivity contribution < 1.29 is 28.6 Å². The minimum Gasteiger partial charge on any atom is -0.462 e. The lowest BCUT2D eigenvalue weighted by Crippen LogP contribution is -2.30. The SMILES string of the molecule is CCCCCC/C=C/CCCCCCCCCC(=O)OC[C@H](COC(=O)CCCCCCCCCCCCCCCCCCCC)OC(=O)CCCCCCCCCCCCCCCCCCCC. The van der Waals surface area contributed by atoms with Crippen molar-refractivity contribution in [2.45, 2.75) is 361 Å². The van der Waals surface area contributed by atoms with Crippen LogP contribution in [0.4, 0.5) is 0 Å². The summed E-state index contributed by atoms with van der Waals surface area (Å²) in [5, 5.41) is 0. The van der Waals surface area contributed by atoms with E-state index >= 15 is 0 Å². The molecule has 0 spiro atoms. The second-order valence-electron chi connectivity index (χ2n) is 21.3. The largest absolute Gasteiger partial charge is 0.462 e. The molecule has 0 aromatic heterocycles. The lowest BCUT2D eigenvalue weighted by molar-refractivity contribution is -0.167. The average Bonchev–Trinajstić information content (AvgIpc) is 3.35. The maximum Gasteiger partial charge on any atom is 0.306 e. The van der Waals surface area contributed by atoms with E-state index in [2.05, 4.69) is 32.9 Å². The van der Waals surface area contributed by atoms with Gasteiger partial charge in [0.05, 0.1) is 0 Å². The average molecular weight is 974 g/mol. The normalized spacial score (nSPS) is 12.0. The van der Waals surface area contributed by atoms with Gasteiger partial charge in [-0.1, -0.05) is 303 Å². The molecule has 0 aromatic carbocycles. The molecule has 6 nitrogen and oxygen atoms in total. The topological polar surface area (TPSA) is 78.9 Å². The highest BCUT2D eigenvalue weighted by Gasteiger charge is 2.19. The lowest BCUT2D eigenvalue weighted by Gasteiger charge is -2.18. The van der Waals surface area contributed by atoms with E-state index in [1.807, 2.05) is 0 Å². The highest BCUT2D eigenvalue weighted by Crippen LogP contribution is 2.18. The number of esters is 3. The van der Waals surface area contributed by atoms with Gasteiger partial charge in [-0.25, -0.2) is 0 Å². The Balaban J connectivity index is 4.30. The quantitative estimate of drug-likeness (QED) is 0.0261. The molecule has 0 aliphatic heterocycles. The Bertz CT molecular complexity index is 1070. The van der Waals surface area contributed by atoms with Crippen LogP contribution in [0, 0.1) is 0 Å². The van der Waals surface area contributed by atoms with E-state index in [-0.39, 0.29) is 31.1 Å². The number of hydrogen-bond acceptors (Lipinski definition) is 6. The van der Waals surface area contributed by atoms with Crippen molar-refractivity contribution in [1.82, 2.24) is 0 Å². The number of rotatable bonds is 58. The fourth-order valence-corrected chi connectivity index (χ4v) is 9.56. The zero-order valence-corrected chi connectivity index (χ0v) is 46.9. The number of carbonyl (C=O) groups excluding carboxylic acids is 3. The van der Waals surface area contributed by atoms with Crippen LogP contribution >= 0.6 is 0 Å². The van der Waals surface area contributed by atoms with Gasteiger partial charge in [-0.2, -0.15) is 0 Å². The standard InChI is InChI=1S/C63H120O6/c1-4-7-10-13-16-19-22-25-28-30-32-35-38-41-44-47-50-53-56-62(65)68-59-60(58-67-61(64)55-52-49-46-43-40-37-34-27-24-21-18-15-12-9-6-3)69-63(66)57-54-51-48-45-42-39-36-33-31-29-26-23-20-17-14-11-8-5-2/h21,24,60H,4-20,22-23,25-59H2,1-3H3/b24-21+/t60-/m1/s1. The van der Waals surface area contributed by atoms with Crippen molar-refractivity contribution in [2.75, 3.05) is 13.2 Å². The summed E-state index contributed by atoms with van der Waals surface area (Å²) in [5.41, 5.74) is 0. The molecule has 0 saturated heterocycles. The summed E-state index contributed by atoms with van der Waals surface area (Å²) in [4.78, 5) is 38.3. The van der Waals surface area contributed by atoms with Gasteiger partial charge < -0.3 is 14.2 Å². The molecule has 0 aromatic rings. The smallest absolute Gasteiger partial charge is 0.306 e. The van der Waals surface area contributed by atoms with Crippen LogP contribution in [0.5, 0.6) is 0 Å². The highest BCUT2D eigenvalue weighted by molar-refractivity contribution is 5.71. The lowest BCUT2D eigenvalue weighted by atomic mass is 10.0. The molecule has 0 fully saturated rings. The van der Waals surface area contributed by atoms with E-state index in [9.17, 15) is 14.4 Å².